The van der Waals surface area contributed by atoms with Crippen LogP contribution in [0.2, 0.25) is 0 Å². The van der Waals surface area contributed by atoms with Crippen LogP contribution >= 0.6 is 23.1 Å². The molecule has 2 rings (SSSR count). The molecule has 1 aromatic carbocycles. The van der Waals surface area contributed by atoms with Gasteiger partial charge in [0.05, 0.1) is 0 Å². The summed E-state index contributed by atoms with van der Waals surface area (Å²) in [6.45, 7) is 7.52. The molecule has 0 radical (unpaired) electrons. The fraction of sp³-hybridized carbons (Fsp3) is 0.375. The summed E-state index contributed by atoms with van der Waals surface area (Å²) >= 11 is 3.67. The summed E-state index contributed by atoms with van der Waals surface area (Å²) in [5.41, 5.74) is 2.93. The molecule has 0 aliphatic carbocycles. The lowest BCUT2D eigenvalue weighted by Gasteiger charge is -2.20. The van der Waals surface area contributed by atoms with Gasteiger partial charge < -0.3 is 5.32 Å². The van der Waals surface area contributed by atoms with Crippen LogP contribution in [-0.2, 0) is 12.3 Å². The third-order valence-corrected chi connectivity index (χ3v) is 4.50. The van der Waals surface area contributed by atoms with E-state index in [0.717, 1.165) is 12.3 Å². The SMILES string of the molecule is CC(C)(C)NCc1cccc(SCc2ccsc2)c1. The minimum atomic E-state index is 0.166. The fourth-order valence-electron chi connectivity index (χ4n) is 1.65. The number of thiophene rings is 1. The highest BCUT2D eigenvalue weighted by atomic mass is 32.2. The Bertz CT molecular complexity index is 498. The van der Waals surface area contributed by atoms with Gasteiger partial charge in [-0.15, -0.1) is 11.8 Å². The standard InChI is InChI=1S/C16H21NS2/c1-16(2,3)17-10-13-5-4-6-15(9-13)19-12-14-7-8-18-11-14/h4-9,11,17H,10,12H2,1-3H3. The van der Waals surface area contributed by atoms with Crippen molar-refractivity contribution in [2.75, 3.05) is 0 Å². The van der Waals surface area contributed by atoms with Crippen molar-refractivity contribution in [3.8, 4) is 0 Å². The highest BCUT2D eigenvalue weighted by molar-refractivity contribution is 7.98. The molecule has 0 spiro atoms. The molecule has 3 heteroatoms. The summed E-state index contributed by atoms with van der Waals surface area (Å²) in [5, 5.41) is 7.89. The van der Waals surface area contributed by atoms with Gasteiger partial charge in [0.1, 0.15) is 0 Å². The summed E-state index contributed by atoms with van der Waals surface area (Å²) in [6.07, 6.45) is 0. The van der Waals surface area contributed by atoms with Crippen molar-refractivity contribution in [3.63, 3.8) is 0 Å². The maximum atomic E-state index is 3.53. The van der Waals surface area contributed by atoms with Gasteiger partial charge in [-0.1, -0.05) is 12.1 Å². The number of thioether (sulfide) groups is 1. The molecule has 0 aliphatic heterocycles. The molecular weight excluding hydrogens is 270 g/mol. The van der Waals surface area contributed by atoms with Gasteiger partial charge >= 0.3 is 0 Å². The molecule has 1 N–H and O–H groups in total. The van der Waals surface area contributed by atoms with Crippen LogP contribution in [0.15, 0.2) is 46.0 Å². The maximum Gasteiger partial charge on any atom is 0.0240 e. The number of hydrogen-bond acceptors (Lipinski definition) is 3. The third kappa shape index (κ3) is 5.39. The predicted molar refractivity (Wildman–Crippen MR) is 86.9 cm³/mol. The van der Waals surface area contributed by atoms with E-state index >= 15 is 0 Å². The normalized spacial score (nSPS) is 11.7. The number of rotatable bonds is 5. The molecule has 0 saturated heterocycles. The Kier molecular flexibility index (Phi) is 5.08. The second-order valence-corrected chi connectivity index (χ2v) is 7.50. The Morgan fingerprint density at radius 1 is 1.16 bits per heavy atom. The second kappa shape index (κ2) is 6.60. The van der Waals surface area contributed by atoms with Gasteiger partial charge in [-0.3, -0.25) is 0 Å². The first-order valence-corrected chi connectivity index (χ1v) is 8.44. The van der Waals surface area contributed by atoms with Crippen molar-refractivity contribution >= 4 is 23.1 Å². The summed E-state index contributed by atoms with van der Waals surface area (Å²) in [4.78, 5) is 1.35. The third-order valence-electron chi connectivity index (χ3n) is 2.71. The van der Waals surface area contributed by atoms with Gasteiger partial charge in [-0.25, -0.2) is 0 Å². The van der Waals surface area contributed by atoms with Crippen molar-refractivity contribution in [1.82, 2.24) is 5.32 Å². The van der Waals surface area contributed by atoms with Gasteiger partial charge in [0, 0.05) is 22.7 Å². The Balaban J connectivity index is 1.91. The zero-order valence-electron chi connectivity index (χ0n) is 11.8. The van der Waals surface area contributed by atoms with E-state index in [-0.39, 0.29) is 5.54 Å². The average molecular weight is 291 g/mol. The van der Waals surface area contributed by atoms with Gasteiger partial charge in [0.15, 0.2) is 0 Å². The van der Waals surface area contributed by atoms with E-state index in [1.54, 1.807) is 11.3 Å². The molecule has 0 bridgehead atoms. The maximum absolute atomic E-state index is 3.53. The molecular formula is C16H21NS2. The summed E-state index contributed by atoms with van der Waals surface area (Å²) < 4.78 is 0. The molecule has 102 valence electrons. The molecule has 0 aliphatic rings. The van der Waals surface area contributed by atoms with Crippen LogP contribution in [0.5, 0.6) is 0 Å². The molecule has 2 aromatic rings. The summed E-state index contributed by atoms with van der Waals surface area (Å²) in [5.74, 6) is 1.06. The van der Waals surface area contributed by atoms with E-state index in [4.69, 9.17) is 0 Å². The van der Waals surface area contributed by atoms with Gasteiger partial charge in [0.25, 0.3) is 0 Å². The Hall–Kier alpha value is -0.770. The molecule has 0 amide bonds. The number of hydrogen-bond donors (Lipinski definition) is 1. The molecule has 0 atom stereocenters. The molecule has 1 aromatic heterocycles. The lowest BCUT2D eigenvalue weighted by atomic mass is 10.1. The summed E-state index contributed by atoms with van der Waals surface area (Å²) in [7, 11) is 0. The number of nitrogens with one attached hydrogen (secondary N) is 1. The fourth-order valence-corrected chi connectivity index (χ4v) is 3.35. The van der Waals surface area contributed by atoms with Crippen LogP contribution < -0.4 is 5.32 Å². The molecule has 1 nitrogen and oxygen atoms in total. The quantitative estimate of drug-likeness (QED) is 0.784. The topological polar surface area (TPSA) is 12.0 Å². The first-order valence-electron chi connectivity index (χ1n) is 6.51. The molecule has 19 heavy (non-hydrogen) atoms. The Morgan fingerprint density at radius 2 is 2.00 bits per heavy atom. The van der Waals surface area contributed by atoms with Crippen molar-refractivity contribution in [2.45, 2.75) is 43.5 Å². The van der Waals surface area contributed by atoms with Crippen molar-refractivity contribution < 1.29 is 0 Å². The largest absolute Gasteiger partial charge is 0.308 e. The first-order chi connectivity index (χ1) is 9.03. The van der Waals surface area contributed by atoms with Crippen LogP contribution in [0.4, 0.5) is 0 Å². The van der Waals surface area contributed by atoms with Gasteiger partial charge in [-0.05, 0) is 60.9 Å². The van der Waals surface area contributed by atoms with E-state index < -0.39 is 0 Å². The number of benzene rings is 1. The minimum Gasteiger partial charge on any atom is -0.308 e. The molecule has 0 saturated carbocycles. The van der Waals surface area contributed by atoms with Crippen LogP contribution in [0.3, 0.4) is 0 Å². The van der Waals surface area contributed by atoms with E-state index in [0.29, 0.717) is 0 Å². The zero-order valence-corrected chi connectivity index (χ0v) is 13.4. The monoisotopic (exact) mass is 291 g/mol. The Morgan fingerprint density at radius 3 is 2.68 bits per heavy atom. The second-order valence-electron chi connectivity index (χ2n) is 5.67. The highest BCUT2D eigenvalue weighted by Crippen LogP contribution is 2.24. The highest BCUT2D eigenvalue weighted by Gasteiger charge is 2.08. The van der Waals surface area contributed by atoms with Crippen LogP contribution in [0, 0.1) is 0 Å². The van der Waals surface area contributed by atoms with E-state index in [9.17, 15) is 0 Å². The smallest absolute Gasteiger partial charge is 0.0240 e. The average Bonchev–Trinajstić information content (AvgIpc) is 2.87. The lowest BCUT2D eigenvalue weighted by Crippen LogP contribution is -2.35. The minimum absolute atomic E-state index is 0.166. The zero-order chi connectivity index (χ0) is 13.7. The van der Waals surface area contributed by atoms with E-state index in [2.05, 4.69) is 67.2 Å². The predicted octanol–water partition coefficient (Wildman–Crippen LogP) is 4.93. The van der Waals surface area contributed by atoms with Gasteiger partial charge in [0.2, 0.25) is 0 Å². The van der Waals surface area contributed by atoms with Crippen LogP contribution in [0.25, 0.3) is 0 Å². The van der Waals surface area contributed by atoms with Crippen molar-refractivity contribution in [2.24, 2.45) is 0 Å². The van der Waals surface area contributed by atoms with Crippen LogP contribution in [-0.4, -0.2) is 5.54 Å². The molecule has 1 heterocycles. The van der Waals surface area contributed by atoms with E-state index in [1.807, 2.05) is 11.8 Å². The first kappa shape index (κ1) is 14.6. The van der Waals surface area contributed by atoms with E-state index in [1.165, 1.54) is 16.0 Å². The lowest BCUT2D eigenvalue weighted by molar-refractivity contribution is 0.424. The summed E-state index contributed by atoms with van der Waals surface area (Å²) in [6, 6.07) is 11.0. The molecule has 0 fully saturated rings. The Labute approximate surface area is 124 Å². The van der Waals surface area contributed by atoms with Crippen molar-refractivity contribution in [1.29, 1.82) is 0 Å². The molecule has 0 unspecified atom stereocenters. The van der Waals surface area contributed by atoms with Crippen LogP contribution in [0.1, 0.15) is 31.9 Å². The van der Waals surface area contributed by atoms with Gasteiger partial charge in [-0.2, -0.15) is 11.3 Å². The van der Waals surface area contributed by atoms with Crippen molar-refractivity contribution in [3.05, 3.63) is 52.2 Å².